The second-order valence-electron chi connectivity index (χ2n) is 3.58. The van der Waals surface area contributed by atoms with Crippen LogP contribution in [0.5, 0.6) is 5.75 Å². The van der Waals surface area contributed by atoms with E-state index in [2.05, 4.69) is 0 Å². The molecule has 0 aliphatic heterocycles. The summed E-state index contributed by atoms with van der Waals surface area (Å²) in [6.07, 6.45) is -7.95. The van der Waals surface area contributed by atoms with Gasteiger partial charge in [0.1, 0.15) is 5.75 Å². The molecular weight excluding hydrogens is 294 g/mol. The van der Waals surface area contributed by atoms with Crippen molar-refractivity contribution in [1.82, 2.24) is 0 Å². The summed E-state index contributed by atoms with van der Waals surface area (Å²) in [4.78, 5) is 0. The van der Waals surface area contributed by atoms with Crippen LogP contribution in [0.2, 0.25) is 0 Å². The van der Waals surface area contributed by atoms with Crippen LogP contribution in [-0.4, -0.2) is 18.6 Å². The number of ether oxygens (including phenoxy) is 1. The van der Waals surface area contributed by atoms with Gasteiger partial charge in [-0.05, 0) is 24.5 Å². The standard InChI is InChI=1S/C11H10F6OS/c1-19-3-2-18-9-5-7(10(12,13)14)4-8(6-9)11(15,16)17/h4-6H,2-3H2,1H3. The van der Waals surface area contributed by atoms with E-state index in [-0.39, 0.29) is 12.7 Å². The van der Waals surface area contributed by atoms with E-state index >= 15 is 0 Å². The highest BCUT2D eigenvalue weighted by molar-refractivity contribution is 7.98. The molecule has 1 nitrogen and oxygen atoms in total. The summed E-state index contributed by atoms with van der Waals surface area (Å²) in [5, 5.41) is 0. The van der Waals surface area contributed by atoms with Crippen LogP contribution >= 0.6 is 11.8 Å². The Kier molecular flexibility index (Phi) is 5.00. The summed E-state index contributed by atoms with van der Waals surface area (Å²) in [5.41, 5.74) is -2.75. The summed E-state index contributed by atoms with van der Waals surface area (Å²) in [7, 11) is 0. The van der Waals surface area contributed by atoms with Crippen molar-refractivity contribution in [3.63, 3.8) is 0 Å². The zero-order chi connectivity index (χ0) is 14.7. The lowest BCUT2D eigenvalue weighted by Crippen LogP contribution is -2.12. The van der Waals surface area contributed by atoms with E-state index in [1.54, 1.807) is 6.26 Å². The lowest BCUT2D eigenvalue weighted by molar-refractivity contribution is -0.143. The van der Waals surface area contributed by atoms with E-state index in [1.165, 1.54) is 11.8 Å². The Labute approximate surface area is 109 Å². The van der Waals surface area contributed by atoms with Crippen LogP contribution in [0, 0.1) is 0 Å². The minimum absolute atomic E-state index is 0.0414. The van der Waals surface area contributed by atoms with Gasteiger partial charge in [-0.2, -0.15) is 38.1 Å². The summed E-state index contributed by atoms with van der Waals surface area (Å²) >= 11 is 1.37. The molecule has 0 aromatic heterocycles. The number of halogens is 6. The van der Waals surface area contributed by atoms with Gasteiger partial charge in [-0.15, -0.1) is 0 Å². The van der Waals surface area contributed by atoms with Crippen molar-refractivity contribution in [3.8, 4) is 5.75 Å². The summed E-state index contributed by atoms with van der Waals surface area (Å²) in [6, 6.07) is 1.20. The third kappa shape index (κ3) is 4.85. The zero-order valence-corrected chi connectivity index (χ0v) is 10.5. The Morgan fingerprint density at radius 3 is 1.79 bits per heavy atom. The molecule has 0 radical (unpaired) electrons. The lowest BCUT2D eigenvalue weighted by Gasteiger charge is -2.14. The summed E-state index contributed by atoms with van der Waals surface area (Å²) in [5.74, 6) is 0.0358. The van der Waals surface area contributed by atoms with Crippen molar-refractivity contribution in [3.05, 3.63) is 29.3 Å². The van der Waals surface area contributed by atoms with Crippen LogP contribution in [-0.2, 0) is 12.4 Å². The van der Waals surface area contributed by atoms with Gasteiger partial charge in [0, 0.05) is 5.75 Å². The highest BCUT2D eigenvalue weighted by Crippen LogP contribution is 2.38. The predicted molar refractivity (Wildman–Crippen MR) is 60.3 cm³/mol. The van der Waals surface area contributed by atoms with Crippen molar-refractivity contribution < 1.29 is 31.1 Å². The fourth-order valence-electron chi connectivity index (χ4n) is 1.25. The Hall–Kier alpha value is -1.05. The van der Waals surface area contributed by atoms with Gasteiger partial charge in [0.25, 0.3) is 0 Å². The highest BCUT2D eigenvalue weighted by atomic mass is 32.2. The number of hydrogen-bond acceptors (Lipinski definition) is 2. The quantitative estimate of drug-likeness (QED) is 0.600. The van der Waals surface area contributed by atoms with Crippen molar-refractivity contribution >= 4 is 11.8 Å². The molecule has 0 heterocycles. The average molecular weight is 304 g/mol. The minimum Gasteiger partial charge on any atom is -0.493 e. The molecule has 0 aliphatic carbocycles. The molecule has 0 spiro atoms. The Balaban J connectivity index is 3.10. The van der Waals surface area contributed by atoms with Crippen LogP contribution in [0.3, 0.4) is 0 Å². The molecule has 0 saturated carbocycles. The van der Waals surface area contributed by atoms with Crippen molar-refractivity contribution in [2.24, 2.45) is 0 Å². The zero-order valence-electron chi connectivity index (χ0n) is 9.73. The number of hydrogen-bond donors (Lipinski definition) is 0. The fraction of sp³-hybridized carbons (Fsp3) is 0.455. The Morgan fingerprint density at radius 1 is 0.947 bits per heavy atom. The average Bonchev–Trinajstić information content (AvgIpc) is 2.27. The topological polar surface area (TPSA) is 9.23 Å². The smallest absolute Gasteiger partial charge is 0.416 e. The fourth-order valence-corrected chi connectivity index (χ4v) is 1.50. The first kappa shape index (κ1) is 16.0. The maximum atomic E-state index is 12.5. The van der Waals surface area contributed by atoms with E-state index in [0.717, 1.165) is 0 Å². The molecule has 1 aromatic carbocycles. The predicted octanol–water partition coefficient (Wildman–Crippen LogP) is 4.47. The number of thioether (sulfide) groups is 1. The van der Waals surface area contributed by atoms with Gasteiger partial charge in [0.05, 0.1) is 17.7 Å². The van der Waals surface area contributed by atoms with Crippen LogP contribution in [0.1, 0.15) is 11.1 Å². The SMILES string of the molecule is CSCCOc1cc(C(F)(F)F)cc(C(F)(F)F)c1. The summed E-state index contributed by atoms with van der Waals surface area (Å²) in [6.45, 7) is 0.0414. The molecule has 1 rings (SSSR count). The van der Waals surface area contributed by atoms with Gasteiger partial charge in [0.15, 0.2) is 0 Å². The molecule has 8 heteroatoms. The van der Waals surface area contributed by atoms with E-state index in [4.69, 9.17) is 4.74 Å². The minimum atomic E-state index is -4.85. The first-order valence-corrected chi connectivity index (χ1v) is 6.45. The number of benzene rings is 1. The second kappa shape index (κ2) is 5.94. The van der Waals surface area contributed by atoms with Gasteiger partial charge in [-0.25, -0.2) is 0 Å². The second-order valence-corrected chi connectivity index (χ2v) is 4.57. The van der Waals surface area contributed by atoms with Crippen molar-refractivity contribution in [2.45, 2.75) is 12.4 Å². The molecule has 108 valence electrons. The largest absolute Gasteiger partial charge is 0.493 e. The van der Waals surface area contributed by atoms with Gasteiger partial charge < -0.3 is 4.74 Å². The van der Waals surface area contributed by atoms with Crippen molar-refractivity contribution in [1.29, 1.82) is 0 Å². The van der Waals surface area contributed by atoms with Gasteiger partial charge >= 0.3 is 12.4 Å². The molecule has 0 saturated heterocycles. The number of rotatable bonds is 4. The van der Waals surface area contributed by atoms with Crippen molar-refractivity contribution in [2.75, 3.05) is 18.6 Å². The Morgan fingerprint density at radius 2 is 1.42 bits per heavy atom. The Bertz CT molecular complexity index is 394. The van der Waals surface area contributed by atoms with E-state index in [0.29, 0.717) is 17.9 Å². The first-order chi connectivity index (χ1) is 8.64. The normalized spacial score (nSPS) is 12.6. The molecular formula is C11H10F6OS. The van der Waals surface area contributed by atoms with Crippen LogP contribution in [0.4, 0.5) is 26.3 Å². The molecule has 0 aliphatic rings. The molecule has 19 heavy (non-hydrogen) atoms. The van der Waals surface area contributed by atoms with Gasteiger partial charge in [0.2, 0.25) is 0 Å². The molecule has 0 atom stereocenters. The van der Waals surface area contributed by atoms with E-state index < -0.39 is 29.2 Å². The maximum absolute atomic E-state index is 12.5. The third-order valence-corrected chi connectivity index (χ3v) is 2.69. The monoisotopic (exact) mass is 304 g/mol. The third-order valence-electron chi connectivity index (χ3n) is 2.12. The van der Waals surface area contributed by atoms with Crippen LogP contribution in [0.15, 0.2) is 18.2 Å². The molecule has 0 unspecified atom stereocenters. The van der Waals surface area contributed by atoms with E-state index in [1.807, 2.05) is 0 Å². The van der Waals surface area contributed by atoms with Crippen LogP contribution in [0.25, 0.3) is 0 Å². The number of alkyl halides is 6. The first-order valence-electron chi connectivity index (χ1n) is 5.06. The molecule has 0 fully saturated rings. The molecule has 0 bridgehead atoms. The van der Waals surface area contributed by atoms with Gasteiger partial charge in [-0.3, -0.25) is 0 Å². The maximum Gasteiger partial charge on any atom is 0.416 e. The molecule has 0 amide bonds. The lowest BCUT2D eigenvalue weighted by atomic mass is 10.1. The molecule has 0 N–H and O–H groups in total. The van der Waals surface area contributed by atoms with Crippen LogP contribution < -0.4 is 4.74 Å². The van der Waals surface area contributed by atoms with Gasteiger partial charge in [-0.1, -0.05) is 0 Å². The highest BCUT2D eigenvalue weighted by Gasteiger charge is 2.37. The molecule has 1 aromatic rings. The van der Waals surface area contributed by atoms with E-state index in [9.17, 15) is 26.3 Å². The summed E-state index contributed by atoms with van der Waals surface area (Å²) < 4.78 is 79.9.